The molecule has 14 rings (SSSR count). The first-order valence-electron chi connectivity index (χ1n) is 42.9. The van der Waals surface area contributed by atoms with Crippen LogP contribution in [0.1, 0.15) is 211 Å². The van der Waals surface area contributed by atoms with Gasteiger partial charge in [-0.25, -0.2) is 0 Å². The van der Waals surface area contributed by atoms with E-state index in [0.717, 1.165) is 45.6 Å². The van der Waals surface area contributed by atoms with Gasteiger partial charge in [0.15, 0.2) is 5.78 Å². The first kappa shape index (κ1) is 96.8. The molecule has 0 N–H and O–H groups in total. The maximum atomic E-state index is 12.1. The first-order chi connectivity index (χ1) is 57.8. The molecule has 0 fully saturated rings. The quantitative estimate of drug-likeness (QED) is 0.0467. The lowest BCUT2D eigenvalue weighted by atomic mass is 9.98. The summed E-state index contributed by atoms with van der Waals surface area (Å²) < 4.78 is 0. The van der Waals surface area contributed by atoms with Gasteiger partial charge in [-0.1, -0.05) is 252 Å². The highest BCUT2D eigenvalue weighted by Gasteiger charge is 2.07. The Morgan fingerprint density at radius 1 is 0.238 bits per heavy atom. The van der Waals surface area contributed by atoms with E-state index in [9.17, 15) is 4.79 Å². The van der Waals surface area contributed by atoms with E-state index in [-0.39, 0.29) is 5.78 Å². The van der Waals surface area contributed by atoms with Crippen LogP contribution in [0.25, 0.3) is 29.0 Å². The molecular formula is C119H134N2O. The Morgan fingerprint density at radius 3 is 0.902 bits per heavy atom. The van der Waals surface area contributed by atoms with Crippen molar-refractivity contribution in [3.05, 3.63) is 461 Å². The van der Waals surface area contributed by atoms with E-state index < -0.39 is 0 Å². The van der Waals surface area contributed by atoms with Crippen LogP contribution in [0, 0.1) is 213 Å². The zero-order chi connectivity index (χ0) is 89.6. The van der Waals surface area contributed by atoms with E-state index in [1.807, 2.05) is 49.4 Å². The number of benzene rings is 14. The molecule has 0 spiro atoms. The largest absolute Gasteiger partial charge is 0.289 e. The molecule has 3 nitrogen and oxygen atoms in total. The lowest BCUT2D eigenvalue weighted by Crippen LogP contribution is -1.95. The molecule has 626 valence electrons. The Labute approximate surface area is 736 Å². The van der Waals surface area contributed by atoms with Crippen LogP contribution < -0.4 is 0 Å². The van der Waals surface area contributed by atoms with E-state index in [4.69, 9.17) is 0 Å². The number of hydrogen-bond donors (Lipinski definition) is 0. The normalized spacial score (nSPS) is 10.6. The average molecular weight is 1610 g/mol. The second-order valence-electron chi connectivity index (χ2n) is 33.9. The van der Waals surface area contributed by atoms with Gasteiger partial charge in [0.2, 0.25) is 0 Å². The van der Waals surface area contributed by atoms with Crippen molar-refractivity contribution in [2.24, 2.45) is 10.2 Å². The van der Waals surface area contributed by atoms with Crippen molar-refractivity contribution in [1.82, 2.24) is 0 Å². The minimum absolute atomic E-state index is 0.0475. The van der Waals surface area contributed by atoms with E-state index >= 15 is 0 Å². The van der Waals surface area contributed by atoms with Crippen LogP contribution in [0.4, 0.5) is 11.4 Å². The van der Waals surface area contributed by atoms with Gasteiger partial charge in [-0.2, -0.15) is 10.2 Å². The third kappa shape index (κ3) is 31.7. The van der Waals surface area contributed by atoms with E-state index in [1.54, 1.807) is 6.08 Å². The molecule has 0 saturated heterocycles. The Bertz CT molecular complexity index is 5740. The highest BCUT2D eigenvalue weighted by atomic mass is 16.1. The molecule has 14 aromatic rings. The lowest BCUT2D eigenvalue weighted by Gasteiger charge is -2.07. The molecule has 0 atom stereocenters. The summed E-state index contributed by atoms with van der Waals surface area (Å²) in [5.74, 6) is 6.50. The number of carbonyl (C=O) groups excluding carboxylic acids is 1. The molecule has 0 heterocycles. The number of nitrogens with zero attached hydrogens (tertiary/aromatic N) is 2. The van der Waals surface area contributed by atoms with Crippen molar-refractivity contribution in [3.8, 4) is 11.8 Å². The van der Waals surface area contributed by atoms with Crippen LogP contribution >= 0.6 is 0 Å². The van der Waals surface area contributed by atoms with Gasteiger partial charge in [0.25, 0.3) is 0 Å². The summed E-state index contributed by atoms with van der Waals surface area (Å²) in [5.41, 5.74) is 49.3. The van der Waals surface area contributed by atoms with Gasteiger partial charge < -0.3 is 0 Å². The minimum atomic E-state index is 0.0475. The van der Waals surface area contributed by atoms with Crippen molar-refractivity contribution in [3.63, 3.8) is 0 Å². The first-order valence-corrected chi connectivity index (χ1v) is 42.9. The molecular weight excluding hydrogens is 1470 g/mol. The molecule has 0 aliphatic carbocycles. The number of carbonyl (C=O) groups is 1. The van der Waals surface area contributed by atoms with Crippen molar-refractivity contribution in [2.75, 3.05) is 0 Å². The summed E-state index contributed by atoms with van der Waals surface area (Å²) in [7, 11) is 0. The summed E-state index contributed by atoms with van der Waals surface area (Å²) >= 11 is 0. The van der Waals surface area contributed by atoms with Gasteiger partial charge in [-0.15, -0.1) is 0 Å². The summed E-state index contributed by atoms with van der Waals surface area (Å²) in [6.45, 7) is 61.6. The zero-order valence-electron chi connectivity index (χ0n) is 79.0. The van der Waals surface area contributed by atoms with Crippen LogP contribution in [-0.2, 0) is 6.42 Å². The number of hydrogen-bond acceptors (Lipinski definition) is 3. The van der Waals surface area contributed by atoms with Crippen molar-refractivity contribution in [2.45, 2.75) is 207 Å². The number of ketones is 1. The predicted molar refractivity (Wildman–Crippen MR) is 534 cm³/mol. The van der Waals surface area contributed by atoms with Gasteiger partial charge in [0.05, 0.1) is 11.4 Å². The number of azo groups is 1. The fourth-order valence-electron chi connectivity index (χ4n) is 13.3. The summed E-state index contributed by atoms with van der Waals surface area (Å²) in [6.07, 6.45) is 8.91. The fraction of sp³-hybridized carbons (Fsp3) is 0.252. The standard InChI is InChI=1S/C19H20O.C18H20.C18H18.C17H20.C16H18N2.C13H14.2C9H12/c1-13-5-7-17(11-15(13)3)8-10-19(20)18-9-6-14(2)16(4)12-18;2*1-13-5-7-17(11-15(13)3)9-10-18-8-6-14(2)16(4)12-18;1-12-5-7-16(9-14(12)3)11-17-8-6-13(2)15(4)10-17;1-11-5-7-15(9-13(11)3)17-18-16-8-6-12(2)14(4)10-16;1-9-4-7-13-11(3)10(2)5-6-12(13)8-9;1-7-4-8(2)6-9(3)5-7;1-7-4-5-8(2)9(3)6-7/h5-12H,1-4H3;5-12H,1-4H3;5-8,11-12H,1-4H3;5-10H,11H2,1-4H3;5-10H,1-4H3;4-8H,1-3H3;2*4-6H,1-3H3. The summed E-state index contributed by atoms with van der Waals surface area (Å²) in [5, 5.41) is 11.3. The zero-order valence-corrected chi connectivity index (χ0v) is 79.0. The molecule has 14 aromatic carbocycles. The molecule has 0 aliphatic heterocycles. The van der Waals surface area contributed by atoms with E-state index in [0.29, 0.717) is 0 Å². The Morgan fingerprint density at radius 2 is 0.541 bits per heavy atom. The predicted octanol–water partition coefficient (Wildman–Crippen LogP) is 33.1. The van der Waals surface area contributed by atoms with Crippen molar-refractivity contribution in [1.29, 1.82) is 0 Å². The highest BCUT2D eigenvalue weighted by molar-refractivity contribution is 6.07. The number of allylic oxidation sites excluding steroid dienone is 1. The SMILES string of the molecule is Cc1cc(C)cc(C)c1.Cc1ccc(C#Cc2ccc(C)c(C)c2)cc1C.Cc1ccc(C)c(C)c1.Cc1ccc(C=CC(=O)c2ccc(C)c(C)c2)cc1C.Cc1ccc(C=Cc2ccc(C)c(C)c2)cc1C.Cc1ccc(Cc2ccc(C)c(C)c2)cc1C.Cc1ccc(N=Nc2ccc(C)c(C)c2)cc1C.Cc1ccc2c(C)c(C)ccc2c1. The average Bonchev–Trinajstić information content (AvgIpc) is 0.809. The van der Waals surface area contributed by atoms with Gasteiger partial charge in [0.1, 0.15) is 0 Å². The van der Waals surface area contributed by atoms with Gasteiger partial charge >= 0.3 is 0 Å². The maximum Gasteiger partial charge on any atom is 0.185 e. The molecule has 122 heavy (non-hydrogen) atoms. The molecule has 0 aromatic heterocycles. The Kier molecular flexibility index (Phi) is 37.3. The number of rotatable bonds is 9. The van der Waals surface area contributed by atoms with Crippen molar-refractivity contribution < 1.29 is 4.79 Å². The fourth-order valence-corrected chi connectivity index (χ4v) is 13.3. The monoisotopic (exact) mass is 1610 g/mol. The second-order valence-corrected chi connectivity index (χ2v) is 33.9. The molecule has 0 saturated carbocycles. The van der Waals surface area contributed by atoms with Gasteiger partial charge in [-0.05, 0) is 440 Å². The molecule has 0 amide bonds. The van der Waals surface area contributed by atoms with Gasteiger partial charge in [-0.3, -0.25) is 4.79 Å². The molecule has 3 heteroatoms. The lowest BCUT2D eigenvalue weighted by molar-refractivity contribution is 0.104. The highest BCUT2D eigenvalue weighted by Crippen LogP contribution is 2.27. The smallest absolute Gasteiger partial charge is 0.185 e. The third-order valence-corrected chi connectivity index (χ3v) is 23.2. The summed E-state index contributed by atoms with van der Waals surface area (Å²) in [4.78, 5) is 12.1. The van der Waals surface area contributed by atoms with Crippen LogP contribution in [0.5, 0.6) is 0 Å². The maximum absolute atomic E-state index is 12.1. The molecule has 0 unspecified atom stereocenters. The number of fused-ring (bicyclic) bond motifs is 1. The topological polar surface area (TPSA) is 41.8 Å². The third-order valence-electron chi connectivity index (χ3n) is 23.2. The van der Waals surface area contributed by atoms with Crippen LogP contribution in [0.15, 0.2) is 265 Å². The van der Waals surface area contributed by atoms with Crippen LogP contribution in [0.2, 0.25) is 0 Å². The van der Waals surface area contributed by atoms with E-state index in [1.165, 1.54) is 189 Å². The van der Waals surface area contributed by atoms with Crippen LogP contribution in [-0.4, -0.2) is 5.78 Å². The van der Waals surface area contributed by atoms with Crippen molar-refractivity contribution >= 4 is 46.2 Å². The number of aryl methyl sites for hydroxylation is 29. The Hall–Kier alpha value is -12.4. The summed E-state index contributed by atoms with van der Waals surface area (Å²) in [6, 6.07) is 87.7. The van der Waals surface area contributed by atoms with Gasteiger partial charge in [0, 0.05) is 16.7 Å². The minimum Gasteiger partial charge on any atom is -0.289 e. The Balaban J connectivity index is 0.000000194. The second kappa shape index (κ2) is 47.0. The van der Waals surface area contributed by atoms with Crippen LogP contribution in [0.3, 0.4) is 0 Å². The molecule has 0 bridgehead atoms. The molecule has 0 radical (unpaired) electrons. The molecule has 0 aliphatic rings. The van der Waals surface area contributed by atoms with E-state index in [2.05, 4.69) is 440 Å².